The van der Waals surface area contributed by atoms with Gasteiger partial charge in [0.2, 0.25) is 0 Å². The fraction of sp³-hybridized carbons (Fsp3) is 0.500. The number of nitrogens with one attached hydrogen (secondary N) is 2. The number of hydrogen-bond donors (Lipinski definition) is 2. The Morgan fingerprint density at radius 2 is 2.33 bits per heavy atom. The Kier molecular flexibility index (Phi) is 2.94. The molecule has 1 atom stereocenters. The van der Waals surface area contributed by atoms with Crippen LogP contribution in [0.5, 0.6) is 0 Å². The average molecular weight is 228 g/mol. The molecule has 1 fully saturated rings. The molecule has 0 amide bonds. The molecule has 0 radical (unpaired) electrons. The lowest BCUT2D eigenvalue weighted by Crippen LogP contribution is -2.36. The summed E-state index contributed by atoms with van der Waals surface area (Å²) >= 11 is 0. The first-order chi connectivity index (χ1) is 7.18. The first-order valence-corrected chi connectivity index (χ1v) is 6.16. The second-order valence-corrected chi connectivity index (χ2v) is 5.02. The predicted octanol–water partition coefficient (Wildman–Crippen LogP) is -0.883. The molecule has 0 saturated carbocycles. The van der Waals surface area contributed by atoms with Crippen LogP contribution in [0.3, 0.4) is 0 Å². The van der Waals surface area contributed by atoms with Crippen molar-refractivity contribution in [2.75, 3.05) is 13.1 Å². The summed E-state index contributed by atoms with van der Waals surface area (Å²) < 4.78 is 26.1. The normalized spacial score (nSPS) is 21.7. The van der Waals surface area contributed by atoms with E-state index in [-0.39, 0.29) is 11.1 Å². The van der Waals surface area contributed by atoms with Crippen molar-refractivity contribution >= 4 is 10.0 Å². The SMILES string of the molecule is O=S(=O)(NC1CCNC1)c1cnccn1. The molecule has 0 spiro atoms. The zero-order valence-corrected chi connectivity index (χ0v) is 8.87. The molecule has 6 nitrogen and oxygen atoms in total. The average Bonchev–Trinajstić information content (AvgIpc) is 2.71. The van der Waals surface area contributed by atoms with Gasteiger partial charge in [0.05, 0.1) is 6.20 Å². The van der Waals surface area contributed by atoms with E-state index in [0.29, 0.717) is 6.54 Å². The molecular formula is C8H12N4O2S. The number of hydrogen-bond acceptors (Lipinski definition) is 5. The topological polar surface area (TPSA) is 84.0 Å². The van der Waals surface area contributed by atoms with Gasteiger partial charge in [0.25, 0.3) is 10.0 Å². The minimum atomic E-state index is -3.51. The number of nitrogens with zero attached hydrogens (tertiary/aromatic N) is 2. The summed E-state index contributed by atoms with van der Waals surface area (Å²) in [6, 6.07) is -0.0444. The lowest BCUT2D eigenvalue weighted by molar-refractivity contribution is 0.556. The third kappa shape index (κ3) is 2.49. The van der Waals surface area contributed by atoms with E-state index >= 15 is 0 Å². The highest BCUT2D eigenvalue weighted by molar-refractivity contribution is 7.89. The van der Waals surface area contributed by atoms with Crippen molar-refractivity contribution in [3.63, 3.8) is 0 Å². The molecule has 1 saturated heterocycles. The quantitative estimate of drug-likeness (QED) is 0.701. The van der Waals surface area contributed by atoms with Crippen LogP contribution >= 0.6 is 0 Å². The third-order valence-electron chi connectivity index (χ3n) is 2.20. The van der Waals surface area contributed by atoms with E-state index in [0.717, 1.165) is 13.0 Å². The Morgan fingerprint density at radius 1 is 1.47 bits per heavy atom. The molecule has 0 bridgehead atoms. The zero-order chi connectivity index (χ0) is 10.7. The molecule has 1 aliphatic heterocycles. The minimum Gasteiger partial charge on any atom is -0.315 e. The van der Waals surface area contributed by atoms with Crippen molar-refractivity contribution < 1.29 is 8.42 Å². The number of aromatic nitrogens is 2. The molecule has 2 rings (SSSR count). The first kappa shape index (κ1) is 10.5. The molecule has 1 aromatic rings. The van der Waals surface area contributed by atoms with Crippen LogP contribution in [0.15, 0.2) is 23.6 Å². The molecule has 1 aromatic heterocycles. The lowest BCUT2D eigenvalue weighted by Gasteiger charge is -2.10. The van der Waals surface area contributed by atoms with Crippen LogP contribution in [0.2, 0.25) is 0 Å². The van der Waals surface area contributed by atoms with Crippen molar-refractivity contribution in [3.05, 3.63) is 18.6 Å². The van der Waals surface area contributed by atoms with Gasteiger partial charge < -0.3 is 5.32 Å². The highest BCUT2D eigenvalue weighted by Gasteiger charge is 2.23. The summed E-state index contributed by atoms with van der Waals surface area (Å²) in [7, 11) is -3.51. The van der Waals surface area contributed by atoms with Gasteiger partial charge in [-0.2, -0.15) is 0 Å². The van der Waals surface area contributed by atoms with Crippen LogP contribution in [0.25, 0.3) is 0 Å². The Hall–Kier alpha value is -1.05. The molecule has 15 heavy (non-hydrogen) atoms. The highest BCUT2D eigenvalue weighted by Crippen LogP contribution is 2.06. The van der Waals surface area contributed by atoms with E-state index in [9.17, 15) is 8.42 Å². The van der Waals surface area contributed by atoms with Crippen molar-refractivity contribution in [1.82, 2.24) is 20.0 Å². The molecule has 2 heterocycles. The minimum absolute atomic E-state index is 0.0306. The molecule has 1 aliphatic rings. The van der Waals surface area contributed by atoms with E-state index in [2.05, 4.69) is 20.0 Å². The van der Waals surface area contributed by atoms with Crippen LogP contribution < -0.4 is 10.0 Å². The summed E-state index contributed by atoms with van der Waals surface area (Å²) in [6.07, 6.45) is 4.85. The monoisotopic (exact) mass is 228 g/mol. The summed E-state index contributed by atoms with van der Waals surface area (Å²) in [4.78, 5) is 7.49. The van der Waals surface area contributed by atoms with Crippen LogP contribution in [0.4, 0.5) is 0 Å². The molecule has 82 valence electrons. The second-order valence-electron chi connectivity index (χ2n) is 3.35. The largest absolute Gasteiger partial charge is 0.315 e. The maximum absolute atomic E-state index is 11.7. The molecule has 0 aliphatic carbocycles. The third-order valence-corrected chi connectivity index (χ3v) is 3.60. The van der Waals surface area contributed by atoms with Gasteiger partial charge in [-0.1, -0.05) is 0 Å². The first-order valence-electron chi connectivity index (χ1n) is 4.67. The molecular weight excluding hydrogens is 216 g/mol. The van der Waals surface area contributed by atoms with Crippen LogP contribution in [0.1, 0.15) is 6.42 Å². The Balaban J connectivity index is 2.13. The highest BCUT2D eigenvalue weighted by atomic mass is 32.2. The van der Waals surface area contributed by atoms with E-state index in [1.165, 1.54) is 18.6 Å². The fourth-order valence-electron chi connectivity index (χ4n) is 1.46. The van der Waals surface area contributed by atoms with Gasteiger partial charge in [-0.25, -0.2) is 18.1 Å². The molecule has 0 aromatic carbocycles. The van der Waals surface area contributed by atoms with Gasteiger partial charge in [0.1, 0.15) is 0 Å². The van der Waals surface area contributed by atoms with E-state index < -0.39 is 10.0 Å². The predicted molar refractivity (Wildman–Crippen MR) is 53.6 cm³/mol. The van der Waals surface area contributed by atoms with Gasteiger partial charge in [0, 0.05) is 25.0 Å². The molecule has 7 heteroatoms. The van der Waals surface area contributed by atoms with Crippen molar-refractivity contribution in [1.29, 1.82) is 0 Å². The van der Waals surface area contributed by atoms with Crippen LogP contribution in [-0.2, 0) is 10.0 Å². The van der Waals surface area contributed by atoms with Gasteiger partial charge in [-0.05, 0) is 13.0 Å². The Labute approximate surface area is 88.2 Å². The van der Waals surface area contributed by atoms with E-state index in [1.54, 1.807) is 0 Å². The summed E-state index contributed by atoms with van der Waals surface area (Å²) in [6.45, 7) is 1.51. The summed E-state index contributed by atoms with van der Waals surface area (Å²) in [5.41, 5.74) is 0. The van der Waals surface area contributed by atoms with Gasteiger partial charge in [-0.3, -0.25) is 4.98 Å². The lowest BCUT2D eigenvalue weighted by atomic mass is 10.3. The van der Waals surface area contributed by atoms with Gasteiger partial charge >= 0.3 is 0 Å². The fourth-order valence-corrected chi connectivity index (χ4v) is 2.62. The van der Waals surface area contributed by atoms with Crippen LogP contribution in [0, 0.1) is 0 Å². The van der Waals surface area contributed by atoms with Crippen molar-refractivity contribution in [3.8, 4) is 0 Å². The van der Waals surface area contributed by atoms with Crippen LogP contribution in [-0.4, -0.2) is 37.5 Å². The van der Waals surface area contributed by atoms with E-state index in [1.807, 2.05) is 0 Å². The molecule has 2 N–H and O–H groups in total. The smallest absolute Gasteiger partial charge is 0.259 e. The maximum Gasteiger partial charge on any atom is 0.259 e. The van der Waals surface area contributed by atoms with Crippen molar-refractivity contribution in [2.24, 2.45) is 0 Å². The zero-order valence-electron chi connectivity index (χ0n) is 8.05. The summed E-state index contributed by atoms with van der Waals surface area (Å²) in [5, 5.41) is 3.05. The maximum atomic E-state index is 11.7. The second kappa shape index (κ2) is 4.21. The Morgan fingerprint density at radius 3 is 2.93 bits per heavy atom. The van der Waals surface area contributed by atoms with Gasteiger partial charge in [0.15, 0.2) is 5.03 Å². The standard InChI is InChI=1S/C8H12N4O2S/c13-15(14,8-6-10-3-4-11-8)12-7-1-2-9-5-7/h3-4,6-7,9,12H,1-2,5H2. The van der Waals surface area contributed by atoms with Gasteiger partial charge in [-0.15, -0.1) is 0 Å². The number of sulfonamides is 1. The van der Waals surface area contributed by atoms with E-state index in [4.69, 9.17) is 0 Å². The van der Waals surface area contributed by atoms with Crippen molar-refractivity contribution in [2.45, 2.75) is 17.5 Å². The Bertz CT molecular complexity index is 414. The summed E-state index contributed by atoms with van der Waals surface area (Å²) in [5.74, 6) is 0. The molecule has 1 unspecified atom stereocenters. The number of rotatable bonds is 3.